The Labute approximate surface area is 101 Å². The molecule has 0 saturated carbocycles. The van der Waals surface area contributed by atoms with Gasteiger partial charge in [-0.05, 0) is 12.1 Å². The maximum absolute atomic E-state index is 11.0. The highest BCUT2D eigenvalue weighted by Crippen LogP contribution is 2.37. The summed E-state index contributed by atoms with van der Waals surface area (Å²) >= 11 is 0. The molecule has 0 saturated heterocycles. The maximum atomic E-state index is 11.0. The number of para-hydroxylation sites is 1. The summed E-state index contributed by atoms with van der Waals surface area (Å²) in [5.41, 5.74) is 6.57. The van der Waals surface area contributed by atoms with Crippen molar-refractivity contribution >= 4 is 30.6 Å². The monoisotopic (exact) mass is 267 g/mol. The summed E-state index contributed by atoms with van der Waals surface area (Å²) in [5, 5.41) is 0. The van der Waals surface area contributed by atoms with Crippen molar-refractivity contribution in [2.45, 2.75) is 0 Å². The number of rotatable bonds is 3. The van der Waals surface area contributed by atoms with Crippen molar-refractivity contribution in [2.24, 2.45) is 5.73 Å². The van der Waals surface area contributed by atoms with Gasteiger partial charge in [0, 0.05) is 11.4 Å². The molecule has 0 bridgehead atoms. The van der Waals surface area contributed by atoms with Crippen LogP contribution in [0.15, 0.2) is 24.0 Å². The molecule has 0 spiro atoms. The number of H-pyrrole nitrogens is 1. The number of carbonyl (C=O) groups is 1. The van der Waals surface area contributed by atoms with Crippen molar-refractivity contribution in [2.75, 3.05) is 0 Å². The summed E-state index contributed by atoms with van der Waals surface area (Å²) in [7, 11) is -4.23. The third-order valence-electron chi connectivity index (χ3n) is 2.23. The summed E-state index contributed by atoms with van der Waals surface area (Å²) in [5.74, 6) is 0.0820. The van der Waals surface area contributed by atoms with Crippen LogP contribution in [0.4, 0.5) is 0 Å². The zero-order valence-electron chi connectivity index (χ0n) is 9.07. The van der Waals surface area contributed by atoms with E-state index in [1.807, 2.05) is 0 Å². The number of fused-ring (bicyclic) bond motifs is 1. The van der Waals surface area contributed by atoms with E-state index in [9.17, 15) is 9.36 Å². The second-order valence-electron chi connectivity index (χ2n) is 3.60. The average Bonchev–Trinajstić information content (AvgIpc) is 2.69. The number of aromatic amines is 1. The van der Waals surface area contributed by atoms with Gasteiger partial charge in [0.05, 0.1) is 11.0 Å². The van der Waals surface area contributed by atoms with Crippen molar-refractivity contribution in [3.05, 3.63) is 35.4 Å². The van der Waals surface area contributed by atoms with Gasteiger partial charge in [0.2, 0.25) is 0 Å². The van der Waals surface area contributed by atoms with Crippen LogP contribution in [0.2, 0.25) is 0 Å². The average molecular weight is 267 g/mol. The molecule has 18 heavy (non-hydrogen) atoms. The Bertz CT molecular complexity index is 685. The van der Waals surface area contributed by atoms with E-state index in [0.717, 1.165) is 5.82 Å². The first-order chi connectivity index (χ1) is 8.37. The van der Waals surface area contributed by atoms with Crippen LogP contribution in [0.3, 0.4) is 0 Å². The van der Waals surface area contributed by atoms with Gasteiger partial charge >= 0.3 is 7.60 Å². The van der Waals surface area contributed by atoms with Crippen LogP contribution in [-0.4, -0.2) is 25.7 Å². The molecule has 5 N–H and O–H groups in total. The highest BCUT2D eigenvalue weighted by atomic mass is 31.2. The predicted molar refractivity (Wildman–Crippen MR) is 65.7 cm³/mol. The molecule has 1 heterocycles. The molecule has 1 aromatic carbocycles. The fourth-order valence-electron chi connectivity index (χ4n) is 1.48. The molecule has 2 aromatic rings. The molecule has 1 aromatic heterocycles. The van der Waals surface area contributed by atoms with Gasteiger partial charge < -0.3 is 20.5 Å². The van der Waals surface area contributed by atoms with Gasteiger partial charge in [0.15, 0.2) is 5.82 Å². The van der Waals surface area contributed by atoms with E-state index in [-0.39, 0.29) is 5.82 Å². The number of nitrogens with zero attached hydrogens (tertiary/aromatic N) is 1. The number of nitrogens with two attached hydrogens (primary N) is 1. The van der Waals surface area contributed by atoms with Crippen molar-refractivity contribution < 1.29 is 19.1 Å². The summed E-state index contributed by atoms with van der Waals surface area (Å²) in [6, 6.07) is 4.98. The molecule has 0 fully saturated rings. The molecule has 2 rings (SSSR count). The maximum Gasteiger partial charge on any atom is 0.349 e. The first-order valence-corrected chi connectivity index (χ1v) is 6.58. The van der Waals surface area contributed by atoms with Gasteiger partial charge in [-0.3, -0.25) is 9.36 Å². The van der Waals surface area contributed by atoms with Crippen LogP contribution in [0.5, 0.6) is 0 Å². The Morgan fingerprint density at radius 1 is 1.44 bits per heavy atom. The molecule has 7 nitrogen and oxygen atoms in total. The lowest BCUT2D eigenvalue weighted by molar-refractivity contribution is 0.0991. The van der Waals surface area contributed by atoms with Crippen LogP contribution in [0.25, 0.3) is 17.1 Å². The summed E-state index contributed by atoms with van der Waals surface area (Å²) < 4.78 is 10.8. The number of carbonyl (C=O) groups excluding carboxylic acids is 1. The van der Waals surface area contributed by atoms with Crippen LogP contribution >= 0.6 is 7.60 Å². The molecule has 0 radical (unpaired) electrons. The Kier molecular flexibility index (Phi) is 3.04. The number of imidazole rings is 1. The molecule has 0 aliphatic heterocycles. The number of amides is 1. The van der Waals surface area contributed by atoms with Crippen molar-refractivity contribution in [1.29, 1.82) is 0 Å². The third kappa shape index (κ3) is 2.65. The number of primary amides is 1. The van der Waals surface area contributed by atoms with Crippen LogP contribution < -0.4 is 5.73 Å². The number of hydrogen-bond donors (Lipinski definition) is 4. The van der Waals surface area contributed by atoms with Gasteiger partial charge in [-0.15, -0.1) is 0 Å². The Morgan fingerprint density at radius 2 is 2.17 bits per heavy atom. The molecule has 0 unspecified atom stereocenters. The minimum atomic E-state index is -4.23. The van der Waals surface area contributed by atoms with Crippen LogP contribution in [0, 0.1) is 0 Å². The van der Waals surface area contributed by atoms with E-state index in [4.69, 9.17) is 15.5 Å². The topological polar surface area (TPSA) is 129 Å². The van der Waals surface area contributed by atoms with Gasteiger partial charge in [-0.1, -0.05) is 12.1 Å². The minimum absolute atomic E-state index is 0.00188. The van der Waals surface area contributed by atoms with E-state index in [1.54, 1.807) is 18.2 Å². The number of benzene rings is 1. The molecule has 8 heteroatoms. The van der Waals surface area contributed by atoms with Gasteiger partial charge in [0.1, 0.15) is 0 Å². The second-order valence-corrected chi connectivity index (χ2v) is 5.07. The fourth-order valence-corrected chi connectivity index (χ4v) is 1.84. The standard InChI is InChI=1S/C10H10N3O4P/c11-9(14)10-12-7-3-1-2-6(8(7)13-10)4-5-18(15,16)17/h1-5H,(H2,11,14)(H,12,13)(H2,15,16,17). The second kappa shape index (κ2) is 4.38. The third-order valence-corrected chi connectivity index (χ3v) is 2.76. The van der Waals surface area contributed by atoms with E-state index < -0.39 is 13.5 Å². The summed E-state index contributed by atoms with van der Waals surface area (Å²) in [6.45, 7) is 0. The van der Waals surface area contributed by atoms with Crippen molar-refractivity contribution in [3.8, 4) is 0 Å². The Hall–Kier alpha value is -1.95. The Morgan fingerprint density at radius 3 is 2.78 bits per heavy atom. The fraction of sp³-hybridized carbons (Fsp3) is 0. The molecular weight excluding hydrogens is 257 g/mol. The zero-order chi connectivity index (χ0) is 13.3. The van der Waals surface area contributed by atoms with Gasteiger partial charge in [-0.25, -0.2) is 4.98 Å². The molecule has 0 aliphatic rings. The normalized spacial score (nSPS) is 12.3. The number of nitrogens with one attached hydrogen (secondary N) is 1. The summed E-state index contributed by atoms with van der Waals surface area (Å²) in [6.07, 6.45) is 1.26. The first-order valence-electron chi connectivity index (χ1n) is 4.90. The van der Waals surface area contributed by atoms with Crippen molar-refractivity contribution in [3.63, 3.8) is 0 Å². The highest BCUT2D eigenvalue weighted by Gasteiger charge is 2.11. The van der Waals surface area contributed by atoms with Gasteiger partial charge in [0.25, 0.3) is 5.91 Å². The lowest BCUT2D eigenvalue weighted by Crippen LogP contribution is -2.12. The highest BCUT2D eigenvalue weighted by molar-refractivity contribution is 7.55. The van der Waals surface area contributed by atoms with Crippen LogP contribution in [-0.2, 0) is 4.57 Å². The molecular formula is C10H10N3O4P. The number of aromatic nitrogens is 2. The van der Waals surface area contributed by atoms with Gasteiger partial charge in [-0.2, -0.15) is 0 Å². The molecule has 1 amide bonds. The largest absolute Gasteiger partial charge is 0.363 e. The summed E-state index contributed by atoms with van der Waals surface area (Å²) in [4.78, 5) is 35.2. The van der Waals surface area contributed by atoms with Crippen molar-refractivity contribution in [1.82, 2.24) is 9.97 Å². The molecule has 94 valence electrons. The lowest BCUT2D eigenvalue weighted by atomic mass is 10.2. The van der Waals surface area contributed by atoms with E-state index >= 15 is 0 Å². The molecule has 0 atom stereocenters. The Balaban J connectivity index is 2.55. The van der Waals surface area contributed by atoms with E-state index in [1.165, 1.54) is 6.08 Å². The van der Waals surface area contributed by atoms with E-state index in [0.29, 0.717) is 16.6 Å². The SMILES string of the molecule is NC(=O)c1nc2c(C=CP(=O)(O)O)cccc2[nH]1. The molecule has 0 aliphatic carbocycles. The number of hydrogen-bond acceptors (Lipinski definition) is 3. The smallest absolute Gasteiger partial charge is 0.349 e. The predicted octanol–water partition coefficient (Wildman–Crippen LogP) is 0.810. The minimum Gasteiger partial charge on any atom is -0.363 e. The zero-order valence-corrected chi connectivity index (χ0v) is 9.96. The van der Waals surface area contributed by atoms with Crippen LogP contribution in [0.1, 0.15) is 16.2 Å². The van der Waals surface area contributed by atoms with E-state index in [2.05, 4.69) is 9.97 Å². The first kappa shape index (κ1) is 12.5. The quantitative estimate of drug-likeness (QED) is 0.611. The lowest BCUT2D eigenvalue weighted by Gasteiger charge is -1.96.